The lowest BCUT2D eigenvalue weighted by molar-refractivity contribution is -0.119. The van der Waals surface area contributed by atoms with E-state index in [-0.39, 0.29) is 11.9 Å². The minimum atomic E-state index is -0.0251. The molecule has 5 nitrogen and oxygen atoms in total. The van der Waals surface area contributed by atoms with Gasteiger partial charge >= 0.3 is 0 Å². The summed E-state index contributed by atoms with van der Waals surface area (Å²) in [7, 11) is 0. The number of benzene rings is 2. The van der Waals surface area contributed by atoms with Crippen molar-refractivity contribution in [2.24, 2.45) is 0 Å². The summed E-state index contributed by atoms with van der Waals surface area (Å²) in [5.74, 6) is 1.13. The predicted octanol–water partition coefficient (Wildman–Crippen LogP) is 4.50. The third-order valence-electron chi connectivity index (χ3n) is 4.66. The standard InChI is InChI=1S/C22H26N4OS/c1-4-17-11-13-18(14-12-17)16(3)23-20(27)15-28-22-25-24-21(26(22)5-2)19-9-7-6-8-10-19/h6-14,16H,4-5,15H2,1-3H3,(H,23,27)/t16-/m1/s1. The van der Waals surface area contributed by atoms with E-state index in [0.29, 0.717) is 5.75 Å². The molecule has 0 unspecified atom stereocenters. The maximum atomic E-state index is 12.4. The van der Waals surface area contributed by atoms with Gasteiger partial charge in [0.2, 0.25) is 5.91 Å². The van der Waals surface area contributed by atoms with E-state index in [0.717, 1.165) is 35.1 Å². The summed E-state index contributed by atoms with van der Waals surface area (Å²) in [4.78, 5) is 12.4. The maximum absolute atomic E-state index is 12.4. The summed E-state index contributed by atoms with van der Waals surface area (Å²) >= 11 is 1.42. The Hall–Kier alpha value is -2.60. The number of carbonyl (C=O) groups is 1. The molecule has 0 aliphatic carbocycles. The van der Waals surface area contributed by atoms with Crippen LogP contribution in [0, 0.1) is 0 Å². The molecule has 28 heavy (non-hydrogen) atoms. The first kappa shape index (κ1) is 20.1. The molecule has 6 heteroatoms. The van der Waals surface area contributed by atoms with Crippen molar-refractivity contribution in [1.29, 1.82) is 0 Å². The van der Waals surface area contributed by atoms with Crippen LogP contribution in [0.15, 0.2) is 59.8 Å². The van der Waals surface area contributed by atoms with Crippen molar-refractivity contribution >= 4 is 17.7 Å². The second kappa shape index (κ2) is 9.55. The largest absolute Gasteiger partial charge is 0.349 e. The number of rotatable bonds is 8. The molecule has 146 valence electrons. The minimum absolute atomic E-state index is 0.0102. The molecule has 2 aromatic carbocycles. The third kappa shape index (κ3) is 4.81. The van der Waals surface area contributed by atoms with Gasteiger partial charge in [0.1, 0.15) is 0 Å². The highest BCUT2D eigenvalue weighted by Crippen LogP contribution is 2.24. The van der Waals surface area contributed by atoms with Gasteiger partial charge in [0.15, 0.2) is 11.0 Å². The Kier molecular flexibility index (Phi) is 6.87. The molecule has 1 amide bonds. The van der Waals surface area contributed by atoms with Gasteiger partial charge < -0.3 is 9.88 Å². The van der Waals surface area contributed by atoms with Crippen molar-refractivity contribution in [2.75, 3.05) is 5.75 Å². The number of aryl methyl sites for hydroxylation is 1. The molecule has 3 rings (SSSR count). The first-order valence-corrected chi connectivity index (χ1v) is 10.6. The fourth-order valence-electron chi connectivity index (χ4n) is 3.02. The number of amides is 1. The molecule has 1 aromatic heterocycles. The lowest BCUT2D eigenvalue weighted by Gasteiger charge is -2.14. The molecule has 0 spiro atoms. The molecule has 1 heterocycles. The minimum Gasteiger partial charge on any atom is -0.349 e. The van der Waals surface area contributed by atoms with Crippen molar-refractivity contribution in [3.8, 4) is 11.4 Å². The van der Waals surface area contributed by atoms with Gasteiger partial charge in [0, 0.05) is 12.1 Å². The number of carbonyl (C=O) groups excluding carboxylic acids is 1. The monoisotopic (exact) mass is 394 g/mol. The van der Waals surface area contributed by atoms with Crippen LogP contribution in [0.1, 0.15) is 37.9 Å². The highest BCUT2D eigenvalue weighted by atomic mass is 32.2. The van der Waals surface area contributed by atoms with Crippen molar-refractivity contribution in [1.82, 2.24) is 20.1 Å². The van der Waals surface area contributed by atoms with E-state index in [1.807, 2.05) is 41.8 Å². The zero-order valence-electron chi connectivity index (χ0n) is 16.6. The van der Waals surface area contributed by atoms with Crippen LogP contribution in [0.5, 0.6) is 0 Å². The molecule has 0 fully saturated rings. The molecular formula is C22H26N4OS. The Bertz CT molecular complexity index is 906. The van der Waals surface area contributed by atoms with Crippen LogP contribution < -0.4 is 5.32 Å². The van der Waals surface area contributed by atoms with Gasteiger partial charge in [0.25, 0.3) is 0 Å². The van der Waals surface area contributed by atoms with Gasteiger partial charge in [-0.25, -0.2) is 0 Å². The smallest absolute Gasteiger partial charge is 0.230 e. The van der Waals surface area contributed by atoms with Gasteiger partial charge in [0.05, 0.1) is 11.8 Å². The van der Waals surface area contributed by atoms with Crippen molar-refractivity contribution in [2.45, 2.75) is 44.9 Å². The second-order valence-electron chi connectivity index (χ2n) is 6.59. The van der Waals surface area contributed by atoms with E-state index in [1.54, 1.807) is 0 Å². The number of hydrogen-bond donors (Lipinski definition) is 1. The van der Waals surface area contributed by atoms with Crippen LogP contribution in [0.3, 0.4) is 0 Å². The average Bonchev–Trinajstić information content (AvgIpc) is 3.16. The van der Waals surface area contributed by atoms with Gasteiger partial charge in [-0.2, -0.15) is 0 Å². The summed E-state index contributed by atoms with van der Waals surface area (Å²) in [5.41, 5.74) is 3.43. The van der Waals surface area contributed by atoms with Gasteiger partial charge in [-0.15, -0.1) is 10.2 Å². The fraction of sp³-hybridized carbons (Fsp3) is 0.318. The molecule has 1 atom stereocenters. The first-order valence-electron chi connectivity index (χ1n) is 9.62. The molecule has 0 aliphatic heterocycles. The Morgan fingerprint density at radius 2 is 1.79 bits per heavy atom. The Labute approximate surface area is 170 Å². The lowest BCUT2D eigenvalue weighted by atomic mass is 10.1. The second-order valence-corrected chi connectivity index (χ2v) is 7.53. The zero-order valence-corrected chi connectivity index (χ0v) is 17.4. The number of thioether (sulfide) groups is 1. The molecule has 0 saturated carbocycles. The van der Waals surface area contributed by atoms with E-state index in [1.165, 1.54) is 17.3 Å². The molecule has 1 N–H and O–H groups in total. The predicted molar refractivity (Wildman–Crippen MR) is 114 cm³/mol. The van der Waals surface area contributed by atoms with E-state index < -0.39 is 0 Å². The molecule has 3 aromatic rings. The highest BCUT2D eigenvalue weighted by Gasteiger charge is 2.15. The van der Waals surface area contributed by atoms with Crippen LogP contribution in [0.25, 0.3) is 11.4 Å². The molecule has 0 bridgehead atoms. The van der Waals surface area contributed by atoms with E-state index in [4.69, 9.17) is 0 Å². The molecule has 0 aliphatic rings. The summed E-state index contributed by atoms with van der Waals surface area (Å²) in [6.07, 6.45) is 1.01. The zero-order chi connectivity index (χ0) is 19.9. The number of nitrogens with zero attached hydrogens (tertiary/aromatic N) is 3. The lowest BCUT2D eigenvalue weighted by Crippen LogP contribution is -2.28. The summed E-state index contributed by atoms with van der Waals surface area (Å²) in [6, 6.07) is 18.3. The maximum Gasteiger partial charge on any atom is 0.230 e. The highest BCUT2D eigenvalue weighted by molar-refractivity contribution is 7.99. The quantitative estimate of drug-likeness (QED) is 0.572. The number of nitrogens with one attached hydrogen (secondary N) is 1. The first-order chi connectivity index (χ1) is 13.6. The molecule has 0 radical (unpaired) electrons. The molecular weight excluding hydrogens is 368 g/mol. The van der Waals surface area contributed by atoms with Gasteiger partial charge in [-0.05, 0) is 31.4 Å². The van der Waals surface area contributed by atoms with Crippen molar-refractivity contribution < 1.29 is 4.79 Å². The van der Waals surface area contributed by atoms with E-state index >= 15 is 0 Å². The Balaban J connectivity index is 1.60. The van der Waals surface area contributed by atoms with E-state index in [2.05, 4.69) is 53.6 Å². The topological polar surface area (TPSA) is 59.8 Å². The summed E-state index contributed by atoms with van der Waals surface area (Å²) in [5, 5.41) is 12.4. The van der Waals surface area contributed by atoms with Crippen LogP contribution in [-0.4, -0.2) is 26.4 Å². The fourth-order valence-corrected chi connectivity index (χ4v) is 3.83. The summed E-state index contributed by atoms with van der Waals surface area (Å²) < 4.78 is 2.04. The van der Waals surface area contributed by atoms with Crippen LogP contribution in [0.2, 0.25) is 0 Å². The van der Waals surface area contributed by atoms with Crippen LogP contribution >= 0.6 is 11.8 Å². The Morgan fingerprint density at radius 3 is 2.43 bits per heavy atom. The van der Waals surface area contributed by atoms with Crippen LogP contribution in [-0.2, 0) is 17.8 Å². The van der Waals surface area contributed by atoms with Gasteiger partial charge in [-0.3, -0.25) is 4.79 Å². The number of hydrogen-bond acceptors (Lipinski definition) is 4. The van der Waals surface area contributed by atoms with Crippen LogP contribution in [0.4, 0.5) is 0 Å². The Morgan fingerprint density at radius 1 is 1.07 bits per heavy atom. The normalized spacial score (nSPS) is 12.0. The van der Waals surface area contributed by atoms with Crippen molar-refractivity contribution in [3.63, 3.8) is 0 Å². The average molecular weight is 395 g/mol. The SMILES string of the molecule is CCc1ccc([C@@H](C)NC(=O)CSc2nnc(-c3ccccc3)n2CC)cc1. The molecule has 0 saturated heterocycles. The number of aromatic nitrogens is 3. The third-order valence-corrected chi connectivity index (χ3v) is 5.63. The summed E-state index contributed by atoms with van der Waals surface area (Å²) in [6.45, 7) is 6.95. The van der Waals surface area contributed by atoms with E-state index in [9.17, 15) is 4.79 Å². The van der Waals surface area contributed by atoms with Gasteiger partial charge in [-0.1, -0.05) is 73.3 Å². The van der Waals surface area contributed by atoms with Crippen molar-refractivity contribution in [3.05, 3.63) is 65.7 Å².